The van der Waals surface area contributed by atoms with Gasteiger partial charge in [0, 0.05) is 25.2 Å². The molecule has 0 unspecified atom stereocenters. The van der Waals surface area contributed by atoms with Crippen LogP contribution in [0.3, 0.4) is 0 Å². The summed E-state index contributed by atoms with van der Waals surface area (Å²) in [4.78, 5) is 2.46. The van der Waals surface area contributed by atoms with E-state index >= 15 is 0 Å². The predicted octanol–water partition coefficient (Wildman–Crippen LogP) is 1.73. The molecule has 0 aliphatic carbocycles. The number of nitrogens with one attached hydrogen (secondary N) is 1. The molecule has 1 heterocycles. The third kappa shape index (κ3) is 7.77. The van der Waals surface area contributed by atoms with Crippen molar-refractivity contribution >= 4 is 0 Å². The first-order valence-corrected chi connectivity index (χ1v) is 6.13. The molecule has 0 radical (unpaired) electrons. The van der Waals surface area contributed by atoms with Crippen molar-refractivity contribution < 1.29 is 4.74 Å². The summed E-state index contributed by atoms with van der Waals surface area (Å²) in [6.45, 7) is 16.2. The molecule has 0 atom stereocenters. The third-order valence-electron chi connectivity index (χ3n) is 2.54. The van der Waals surface area contributed by atoms with E-state index in [2.05, 4.69) is 44.8 Å². The summed E-state index contributed by atoms with van der Waals surface area (Å²) in [5.74, 6) is 0. The van der Waals surface area contributed by atoms with Crippen molar-refractivity contribution in [1.29, 1.82) is 0 Å². The first kappa shape index (κ1) is 14.9. The highest BCUT2D eigenvalue weighted by Crippen LogP contribution is 2.02. The highest BCUT2D eigenvalue weighted by molar-refractivity contribution is 4.64. The van der Waals surface area contributed by atoms with Gasteiger partial charge in [0.1, 0.15) is 0 Å². The maximum Gasteiger partial charge on any atom is 0.0591 e. The molecule has 1 N–H and O–H groups in total. The van der Waals surface area contributed by atoms with Crippen LogP contribution in [-0.4, -0.2) is 49.8 Å². The first-order chi connectivity index (χ1) is 7.09. The fourth-order valence-electron chi connectivity index (χ4n) is 1.84. The highest BCUT2D eigenvalue weighted by atomic mass is 16.5. The Hall–Kier alpha value is -0.120. The Bertz CT molecular complexity index is 114. The molecule has 15 heavy (non-hydrogen) atoms. The molecule has 0 saturated carbocycles. The van der Waals surface area contributed by atoms with Crippen LogP contribution in [0.2, 0.25) is 0 Å². The van der Waals surface area contributed by atoms with E-state index in [1.807, 2.05) is 0 Å². The number of ether oxygens (including phenoxy) is 1. The summed E-state index contributed by atoms with van der Waals surface area (Å²) in [6.07, 6.45) is 0. The van der Waals surface area contributed by atoms with Crippen molar-refractivity contribution in [3.8, 4) is 0 Å². The summed E-state index contributed by atoms with van der Waals surface area (Å²) in [7, 11) is 0. The Morgan fingerprint density at radius 1 is 1.07 bits per heavy atom. The smallest absolute Gasteiger partial charge is 0.0591 e. The predicted molar refractivity (Wildman–Crippen MR) is 66.3 cm³/mol. The molecule has 0 spiro atoms. The van der Waals surface area contributed by atoms with E-state index in [1.54, 1.807) is 0 Å². The highest BCUT2D eigenvalue weighted by Gasteiger charge is 2.08. The number of hydrogen-bond acceptors (Lipinski definition) is 3. The van der Waals surface area contributed by atoms with E-state index in [4.69, 9.17) is 4.74 Å². The normalized spacial score (nSPS) is 16.8. The zero-order valence-corrected chi connectivity index (χ0v) is 11.0. The lowest BCUT2D eigenvalue weighted by atomic mass is 10.2. The second kappa shape index (κ2) is 9.13. The van der Waals surface area contributed by atoms with Crippen LogP contribution in [0.4, 0.5) is 0 Å². The first-order valence-electron chi connectivity index (χ1n) is 6.13. The minimum atomic E-state index is 0.690. The summed E-state index contributed by atoms with van der Waals surface area (Å²) in [5, 5.41) is 3.16. The Kier molecular flexibility index (Phi) is 9.06. The second-order valence-corrected chi connectivity index (χ2v) is 4.38. The molecule has 0 amide bonds. The summed E-state index contributed by atoms with van der Waals surface area (Å²) in [6, 6.07) is 1.38. The van der Waals surface area contributed by atoms with E-state index in [9.17, 15) is 0 Å². The molecule has 0 aromatic carbocycles. The molecule has 3 heteroatoms. The Morgan fingerprint density at radius 3 is 1.60 bits per heavy atom. The fourth-order valence-corrected chi connectivity index (χ4v) is 1.84. The third-order valence-corrected chi connectivity index (χ3v) is 2.54. The van der Waals surface area contributed by atoms with Crippen LogP contribution < -0.4 is 5.32 Å². The molecule has 1 rings (SSSR count). The van der Waals surface area contributed by atoms with Crippen molar-refractivity contribution in [2.45, 2.75) is 46.7 Å². The molecule has 0 bridgehead atoms. The van der Waals surface area contributed by atoms with E-state index in [-0.39, 0.29) is 0 Å². The summed E-state index contributed by atoms with van der Waals surface area (Å²) in [5.41, 5.74) is 0. The lowest BCUT2D eigenvalue weighted by Gasteiger charge is -2.28. The zero-order valence-electron chi connectivity index (χ0n) is 11.0. The van der Waals surface area contributed by atoms with Gasteiger partial charge in [-0.15, -0.1) is 0 Å². The lowest BCUT2D eigenvalue weighted by molar-refractivity contribution is 0.109. The molecule has 3 nitrogen and oxygen atoms in total. The van der Waals surface area contributed by atoms with E-state index in [1.165, 1.54) is 0 Å². The Morgan fingerprint density at radius 2 is 1.53 bits per heavy atom. The molecular formula is C12H28N2O. The van der Waals surface area contributed by atoms with Gasteiger partial charge in [-0.2, -0.15) is 0 Å². The minimum Gasteiger partial charge on any atom is -0.379 e. The average Bonchev–Trinajstić information content (AvgIpc) is 2.21. The zero-order chi connectivity index (χ0) is 11.7. The summed E-state index contributed by atoms with van der Waals surface area (Å²) < 4.78 is 5.01. The maximum atomic E-state index is 5.01. The monoisotopic (exact) mass is 216 g/mol. The van der Waals surface area contributed by atoms with Crippen molar-refractivity contribution in [3.63, 3.8) is 0 Å². The molecule has 1 fully saturated rings. The number of rotatable bonds is 3. The van der Waals surface area contributed by atoms with Crippen LogP contribution in [0, 0.1) is 0 Å². The fraction of sp³-hybridized carbons (Fsp3) is 1.00. The quantitative estimate of drug-likeness (QED) is 0.777. The minimum absolute atomic E-state index is 0.690. The van der Waals surface area contributed by atoms with Gasteiger partial charge in [-0.3, -0.25) is 4.90 Å². The van der Waals surface area contributed by atoms with Gasteiger partial charge in [0.25, 0.3) is 0 Å². The Balaban J connectivity index is 0.000000280. The topological polar surface area (TPSA) is 24.5 Å². The Labute approximate surface area is 95.2 Å². The van der Waals surface area contributed by atoms with Crippen molar-refractivity contribution in [3.05, 3.63) is 0 Å². The molecule has 0 aromatic rings. The summed E-state index contributed by atoms with van der Waals surface area (Å²) >= 11 is 0. The van der Waals surface area contributed by atoms with Crippen molar-refractivity contribution in [2.75, 3.05) is 32.8 Å². The van der Waals surface area contributed by atoms with Gasteiger partial charge in [0.05, 0.1) is 13.2 Å². The average molecular weight is 216 g/mol. The van der Waals surface area contributed by atoms with E-state index < -0.39 is 0 Å². The van der Waals surface area contributed by atoms with Gasteiger partial charge in [0.15, 0.2) is 0 Å². The molecular weight excluding hydrogens is 188 g/mol. The standard InChI is InChI=1S/C8H19N.C4H9NO/c1-6-9(7(2)3)8(4)5;1-3-6-4-2-5-1/h7-8H,6H2,1-5H3;5H,1-4H2. The lowest BCUT2D eigenvalue weighted by Crippen LogP contribution is -2.36. The SMILES string of the molecule is C1COCCN1.CCN(C(C)C)C(C)C. The van der Waals surface area contributed by atoms with Gasteiger partial charge in [-0.25, -0.2) is 0 Å². The van der Waals surface area contributed by atoms with Gasteiger partial charge >= 0.3 is 0 Å². The van der Waals surface area contributed by atoms with Gasteiger partial charge in [0.2, 0.25) is 0 Å². The van der Waals surface area contributed by atoms with Crippen LogP contribution in [0.1, 0.15) is 34.6 Å². The van der Waals surface area contributed by atoms with Crippen LogP contribution >= 0.6 is 0 Å². The number of nitrogens with zero attached hydrogens (tertiary/aromatic N) is 1. The second-order valence-electron chi connectivity index (χ2n) is 4.38. The van der Waals surface area contributed by atoms with E-state index in [0.717, 1.165) is 32.8 Å². The van der Waals surface area contributed by atoms with Crippen LogP contribution in [0.5, 0.6) is 0 Å². The van der Waals surface area contributed by atoms with Crippen molar-refractivity contribution in [2.24, 2.45) is 0 Å². The van der Waals surface area contributed by atoms with E-state index in [0.29, 0.717) is 12.1 Å². The number of morpholine rings is 1. The molecule has 1 aliphatic rings. The molecule has 1 saturated heterocycles. The van der Waals surface area contributed by atoms with Crippen molar-refractivity contribution in [1.82, 2.24) is 10.2 Å². The van der Waals surface area contributed by atoms with Crippen LogP contribution in [-0.2, 0) is 4.74 Å². The largest absolute Gasteiger partial charge is 0.379 e. The molecule has 1 aliphatic heterocycles. The van der Waals surface area contributed by atoms with Gasteiger partial charge < -0.3 is 10.1 Å². The molecule has 92 valence electrons. The van der Waals surface area contributed by atoms with Crippen LogP contribution in [0.15, 0.2) is 0 Å². The van der Waals surface area contributed by atoms with Crippen LogP contribution in [0.25, 0.3) is 0 Å². The van der Waals surface area contributed by atoms with Gasteiger partial charge in [-0.05, 0) is 34.2 Å². The van der Waals surface area contributed by atoms with Gasteiger partial charge in [-0.1, -0.05) is 6.92 Å². The number of hydrogen-bond donors (Lipinski definition) is 1. The molecule has 0 aromatic heterocycles. The maximum absolute atomic E-state index is 5.01.